The summed E-state index contributed by atoms with van der Waals surface area (Å²) >= 11 is 0. The summed E-state index contributed by atoms with van der Waals surface area (Å²) in [6.07, 6.45) is 14.2. The Balaban J connectivity index is 1.80. The predicted octanol–water partition coefficient (Wildman–Crippen LogP) is 9.74. The number of nitrogens with zero attached hydrogens (tertiary/aromatic N) is 2. The Hall–Kier alpha value is -4.50. The topological polar surface area (TPSA) is 34.2 Å². The molecule has 3 nitrogen and oxygen atoms in total. The van der Waals surface area contributed by atoms with Gasteiger partial charge in [-0.1, -0.05) is 81.1 Å². The smallest absolute Gasteiger partial charge is 0.0537 e. The van der Waals surface area contributed by atoms with Crippen molar-refractivity contribution in [3.8, 4) is 5.69 Å². The van der Waals surface area contributed by atoms with Crippen LogP contribution in [0.1, 0.15) is 56.0 Å². The molecular weight excluding hydrogens is 486 g/mol. The maximum atomic E-state index is 6.17. The van der Waals surface area contributed by atoms with Crippen molar-refractivity contribution < 1.29 is 0 Å². The molecule has 0 atom stereocenters. The number of aromatic nitrogens is 1. The van der Waals surface area contributed by atoms with Crippen molar-refractivity contribution in [2.24, 2.45) is 5.73 Å². The molecule has 0 saturated heterocycles. The van der Waals surface area contributed by atoms with E-state index in [4.69, 9.17) is 5.73 Å². The summed E-state index contributed by atoms with van der Waals surface area (Å²) in [4.78, 5) is 2.45. The molecule has 0 aliphatic carbocycles. The highest BCUT2D eigenvalue weighted by Crippen LogP contribution is 2.41. The van der Waals surface area contributed by atoms with Gasteiger partial charge in [-0.05, 0) is 97.1 Å². The molecule has 202 valence electrons. The molecule has 1 aliphatic heterocycles. The van der Waals surface area contributed by atoms with Crippen molar-refractivity contribution in [1.82, 2.24) is 4.57 Å². The quantitative estimate of drug-likeness (QED) is 0.232. The van der Waals surface area contributed by atoms with Crippen LogP contribution in [0.4, 0.5) is 11.4 Å². The van der Waals surface area contributed by atoms with Gasteiger partial charge in [0.05, 0.1) is 5.52 Å². The summed E-state index contributed by atoms with van der Waals surface area (Å²) in [6.45, 7) is 13.5. The summed E-state index contributed by atoms with van der Waals surface area (Å²) < 4.78 is 2.37. The average Bonchev–Trinajstić information content (AvgIpc) is 3.27. The van der Waals surface area contributed by atoms with Gasteiger partial charge in [-0.25, -0.2) is 0 Å². The third-order valence-corrected chi connectivity index (χ3v) is 7.95. The van der Waals surface area contributed by atoms with Crippen LogP contribution in [0, 0.1) is 6.92 Å². The van der Waals surface area contributed by atoms with Crippen molar-refractivity contribution in [3.63, 3.8) is 0 Å². The van der Waals surface area contributed by atoms with Gasteiger partial charge in [-0.3, -0.25) is 0 Å². The molecule has 1 aromatic heterocycles. The fourth-order valence-electron chi connectivity index (χ4n) is 5.78. The van der Waals surface area contributed by atoms with Gasteiger partial charge in [0, 0.05) is 40.3 Å². The van der Waals surface area contributed by atoms with Gasteiger partial charge in [0.1, 0.15) is 0 Å². The lowest BCUT2D eigenvalue weighted by molar-refractivity contribution is 1.02. The Morgan fingerprint density at radius 3 is 2.45 bits per heavy atom. The molecule has 2 N–H and O–H groups in total. The van der Waals surface area contributed by atoms with E-state index in [9.17, 15) is 0 Å². The zero-order chi connectivity index (χ0) is 28.2. The van der Waals surface area contributed by atoms with Gasteiger partial charge in [-0.15, -0.1) is 0 Å². The van der Waals surface area contributed by atoms with Crippen LogP contribution in [0.25, 0.3) is 33.8 Å². The molecule has 0 bridgehead atoms. The van der Waals surface area contributed by atoms with Crippen LogP contribution in [-0.4, -0.2) is 11.1 Å². The zero-order valence-electron chi connectivity index (χ0n) is 24.1. The highest BCUT2D eigenvalue weighted by molar-refractivity contribution is 5.91. The SMILES string of the molecule is C=C/C=C\c1c(C)c2ccccc2n1-c1cc(/C(=C/N)CC)cc(N2CC(/C=C\CC)=C(C)c3ccccc32)c1. The summed E-state index contributed by atoms with van der Waals surface area (Å²) in [6, 6.07) is 24.3. The van der Waals surface area contributed by atoms with Crippen LogP contribution in [0.5, 0.6) is 0 Å². The number of hydrogen-bond donors (Lipinski definition) is 1. The minimum atomic E-state index is 0.810. The molecule has 3 aromatic carbocycles. The van der Waals surface area contributed by atoms with E-state index in [-0.39, 0.29) is 0 Å². The summed E-state index contributed by atoms with van der Waals surface area (Å²) in [5.74, 6) is 0. The number of para-hydroxylation sites is 2. The third kappa shape index (κ3) is 4.84. The third-order valence-electron chi connectivity index (χ3n) is 7.95. The average molecular weight is 526 g/mol. The van der Waals surface area contributed by atoms with E-state index in [0.717, 1.165) is 47.6 Å². The number of anilines is 2. The molecular formula is C37H39N3. The molecule has 4 aromatic rings. The Kier molecular flexibility index (Phi) is 7.93. The first-order chi connectivity index (χ1) is 19.5. The summed E-state index contributed by atoms with van der Waals surface area (Å²) in [5.41, 5.74) is 19.5. The molecule has 1 aliphatic rings. The lowest BCUT2D eigenvalue weighted by Crippen LogP contribution is -2.25. The molecule has 0 amide bonds. The largest absolute Gasteiger partial charge is 0.404 e. The summed E-state index contributed by atoms with van der Waals surface area (Å²) in [7, 11) is 0. The van der Waals surface area contributed by atoms with Crippen LogP contribution in [-0.2, 0) is 0 Å². The van der Waals surface area contributed by atoms with Crippen molar-refractivity contribution in [3.05, 3.63) is 132 Å². The monoisotopic (exact) mass is 525 g/mol. The molecule has 0 unspecified atom stereocenters. The van der Waals surface area contributed by atoms with Gasteiger partial charge < -0.3 is 15.2 Å². The van der Waals surface area contributed by atoms with E-state index in [0.29, 0.717) is 0 Å². The van der Waals surface area contributed by atoms with Gasteiger partial charge >= 0.3 is 0 Å². The minimum absolute atomic E-state index is 0.810. The van der Waals surface area contributed by atoms with E-state index in [1.54, 1.807) is 6.20 Å². The highest BCUT2D eigenvalue weighted by Gasteiger charge is 2.24. The van der Waals surface area contributed by atoms with E-state index >= 15 is 0 Å². The lowest BCUT2D eigenvalue weighted by atomic mass is 9.93. The number of benzene rings is 3. The van der Waals surface area contributed by atoms with Crippen LogP contribution < -0.4 is 10.6 Å². The lowest BCUT2D eigenvalue weighted by Gasteiger charge is -2.34. The fraction of sp³-hybridized carbons (Fsp3) is 0.189. The minimum Gasteiger partial charge on any atom is -0.404 e. The number of allylic oxidation sites excluding steroid dienone is 5. The normalized spacial score (nSPS) is 14.1. The molecule has 0 spiro atoms. The standard InChI is InChI=1S/C37H39N3/c1-6-9-15-29-25-39(36-19-13-11-16-33(36)26(29)4)31-21-30(28(8-3)24-38)22-32(23-31)40-35(18-10-7-2)27(5)34-17-12-14-20-37(34)40/h7,9-24H,2,6,8,25,38H2,1,3-5H3/b15-9-,18-10-,28-24+. The van der Waals surface area contributed by atoms with Gasteiger partial charge in [0.2, 0.25) is 0 Å². The van der Waals surface area contributed by atoms with Gasteiger partial charge in [0.15, 0.2) is 0 Å². The first-order valence-electron chi connectivity index (χ1n) is 14.2. The highest BCUT2D eigenvalue weighted by atomic mass is 15.1. The van der Waals surface area contributed by atoms with Crippen LogP contribution in [0.3, 0.4) is 0 Å². The second-order valence-electron chi connectivity index (χ2n) is 10.3. The van der Waals surface area contributed by atoms with Gasteiger partial charge in [-0.2, -0.15) is 0 Å². The fourth-order valence-corrected chi connectivity index (χ4v) is 5.78. The van der Waals surface area contributed by atoms with Crippen molar-refractivity contribution in [1.29, 1.82) is 0 Å². The number of aryl methyl sites for hydroxylation is 1. The summed E-state index contributed by atoms with van der Waals surface area (Å²) in [5, 5.41) is 1.25. The van der Waals surface area contributed by atoms with Gasteiger partial charge in [0.25, 0.3) is 0 Å². The Labute approximate surface area is 238 Å². The molecule has 5 rings (SSSR count). The first-order valence-corrected chi connectivity index (χ1v) is 14.2. The predicted molar refractivity (Wildman–Crippen MR) is 175 cm³/mol. The Bertz CT molecular complexity index is 1690. The van der Waals surface area contributed by atoms with Crippen LogP contribution in [0.2, 0.25) is 0 Å². The molecule has 0 fully saturated rings. The maximum Gasteiger partial charge on any atom is 0.0537 e. The number of fused-ring (bicyclic) bond motifs is 2. The number of rotatable bonds is 8. The maximum absolute atomic E-state index is 6.17. The van der Waals surface area contributed by atoms with Crippen LogP contribution in [0.15, 0.2) is 109 Å². The molecule has 3 heteroatoms. The first kappa shape index (κ1) is 27.1. The molecule has 0 saturated carbocycles. The number of nitrogens with two attached hydrogens (primary N) is 1. The Morgan fingerprint density at radius 1 is 0.950 bits per heavy atom. The van der Waals surface area contributed by atoms with Crippen molar-refractivity contribution in [2.45, 2.75) is 40.5 Å². The van der Waals surface area contributed by atoms with E-state index < -0.39 is 0 Å². The zero-order valence-corrected chi connectivity index (χ0v) is 24.1. The second kappa shape index (κ2) is 11.7. The molecule has 0 radical (unpaired) electrons. The van der Waals surface area contributed by atoms with Crippen LogP contribution >= 0.6 is 0 Å². The van der Waals surface area contributed by atoms with Crippen molar-refractivity contribution in [2.75, 3.05) is 11.4 Å². The molecule has 40 heavy (non-hydrogen) atoms. The van der Waals surface area contributed by atoms with E-state index in [1.165, 1.54) is 38.9 Å². The van der Waals surface area contributed by atoms with E-state index in [1.807, 2.05) is 12.2 Å². The second-order valence-corrected chi connectivity index (χ2v) is 10.3. The van der Waals surface area contributed by atoms with E-state index in [2.05, 4.69) is 129 Å². The van der Waals surface area contributed by atoms with Crippen molar-refractivity contribution >= 4 is 39.5 Å². The number of hydrogen-bond acceptors (Lipinski definition) is 2. The molecule has 2 heterocycles. The Morgan fingerprint density at radius 2 is 1.70 bits per heavy atom.